The van der Waals surface area contributed by atoms with E-state index in [9.17, 15) is 4.79 Å². The number of ether oxygens (including phenoxy) is 4. The molecule has 0 aromatic heterocycles. The minimum atomic E-state index is -0.0895. The minimum absolute atomic E-state index is 0.0895. The highest BCUT2D eigenvalue weighted by Gasteiger charge is 2.35. The summed E-state index contributed by atoms with van der Waals surface area (Å²) in [5.74, 6) is 3.11. The third-order valence-electron chi connectivity index (χ3n) is 6.75. The van der Waals surface area contributed by atoms with Crippen LogP contribution in [0.5, 0.6) is 23.0 Å². The fraction of sp³-hybridized carbons (Fsp3) is 0.400. The number of carbonyl (C=O) groups excluding carboxylic acids is 1. The molecule has 6 nitrogen and oxygen atoms in total. The molecule has 0 saturated heterocycles. The number of ketones is 1. The van der Waals surface area contributed by atoms with E-state index >= 15 is 0 Å². The number of rotatable bonds is 2. The van der Waals surface area contributed by atoms with Crippen molar-refractivity contribution in [3.8, 4) is 23.0 Å². The zero-order valence-electron chi connectivity index (χ0n) is 17.6. The van der Waals surface area contributed by atoms with Crippen molar-refractivity contribution in [2.45, 2.75) is 51.6 Å². The Kier molecular flexibility index (Phi) is 4.42. The summed E-state index contributed by atoms with van der Waals surface area (Å²) in [5.41, 5.74) is 3.44. The summed E-state index contributed by atoms with van der Waals surface area (Å²) in [7, 11) is 0. The number of allylic oxidation sites excluding steroid dienone is 1. The molecule has 0 amide bonds. The van der Waals surface area contributed by atoms with Crippen LogP contribution >= 0.6 is 0 Å². The second-order valence-corrected chi connectivity index (χ2v) is 8.73. The molecule has 2 aromatic carbocycles. The SMILES string of the molecule is Cc1c2c(cc3c1O/C(=C\c1ccc4c(c1)OCO4)C3=O)CN(C1CCCCC1)CO2. The Morgan fingerprint density at radius 3 is 2.71 bits per heavy atom. The zero-order chi connectivity index (χ0) is 20.9. The molecule has 1 saturated carbocycles. The summed E-state index contributed by atoms with van der Waals surface area (Å²) in [6, 6.07) is 8.14. The average molecular weight is 419 g/mol. The second-order valence-electron chi connectivity index (χ2n) is 8.73. The third-order valence-corrected chi connectivity index (χ3v) is 6.75. The van der Waals surface area contributed by atoms with E-state index in [4.69, 9.17) is 18.9 Å². The van der Waals surface area contributed by atoms with Gasteiger partial charge in [0.05, 0.1) is 5.56 Å². The highest BCUT2D eigenvalue weighted by molar-refractivity contribution is 6.15. The van der Waals surface area contributed by atoms with E-state index in [2.05, 4.69) is 4.90 Å². The number of Topliss-reactive ketones (excluding diaryl/α,β-unsaturated/α-hetero) is 1. The third kappa shape index (κ3) is 3.17. The van der Waals surface area contributed by atoms with Crippen LogP contribution in [0.2, 0.25) is 0 Å². The molecule has 6 rings (SSSR count). The van der Waals surface area contributed by atoms with Crippen LogP contribution in [0.15, 0.2) is 30.0 Å². The fourth-order valence-electron chi connectivity index (χ4n) is 5.10. The lowest BCUT2D eigenvalue weighted by Gasteiger charge is -2.37. The second kappa shape index (κ2) is 7.31. The molecule has 4 aliphatic rings. The van der Waals surface area contributed by atoms with E-state index in [0.29, 0.717) is 41.3 Å². The fourth-order valence-corrected chi connectivity index (χ4v) is 5.10. The van der Waals surface area contributed by atoms with Gasteiger partial charge in [-0.2, -0.15) is 0 Å². The Labute approximate surface area is 181 Å². The van der Waals surface area contributed by atoms with Gasteiger partial charge in [0, 0.05) is 23.7 Å². The molecule has 160 valence electrons. The summed E-state index contributed by atoms with van der Waals surface area (Å²) in [6.07, 6.45) is 8.13. The maximum absolute atomic E-state index is 13.2. The lowest BCUT2D eigenvalue weighted by atomic mass is 9.93. The Balaban J connectivity index is 1.29. The van der Waals surface area contributed by atoms with Crippen molar-refractivity contribution in [3.05, 3.63) is 52.3 Å². The predicted molar refractivity (Wildman–Crippen MR) is 115 cm³/mol. The molecular formula is C25H25NO5. The molecule has 0 bridgehead atoms. The summed E-state index contributed by atoms with van der Waals surface area (Å²) >= 11 is 0. The Bertz CT molecular complexity index is 1100. The summed E-state index contributed by atoms with van der Waals surface area (Å²) in [5, 5.41) is 0. The molecule has 1 fully saturated rings. The van der Waals surface area contributed by atoms with Gasteiger partial charge in [0.15, 0.2) is 17.3 Å². The number of carbonyl (C=O) groups is 1. The number of hydrogen-bond donors (Lipinski definition) is 0. The van der Waals surface area contributed by atoms with Gasteiger partial charge in [0.1, 0.15) is 18.2 Å². The van der Waals surface area contributed by atoms with Gasteiger partial charge in [0.25, 0.3) is 0 Å². The van der Waals surface area contributed by atoms with Crippen molar-refractivity contribution < 1.29 is 23.7 Å². The number of nitrogens with zero attached hydrogens (tertiary/aromatic N) is 1. The first-order valence-corrected chi connectivity index (χ1v) is 11.0. The normalized spacial score (nSPS) is 21.6. The van der Waals surface area contributed by atoms with Crippen LogP contribution in [0.1, 0.15) is 59.2 Å². The van der Waals surface area contributed by atoms with E-state index in [1.54, 1.807) is 6.08 Å². The zero-order valence-corrected chi connectivity index (χ0v) is 17.6. The molecule has 0 radical (unpaired) electrons. The molecule has 0 unspecified atom stereocenters. The van der Waals surface area contributed by atoms with Crippen molar-refractivity contribution in [1.82, 2.24) is 4.90 Å². The van der Waals surface area contributed by atoms with Crippen molar-refractivity contribution in [3.63, 3.8) is 0 Å². The molecule has 0 spiro atoms. The molecule has 3 heterocycles. The number of hydrogen-bond acceptors (Lipinski definition) is 6. The van der Waals surface area contributed by atoms with E-state index in [1.165, 1.54) is 32.1 Å². The van der Waals surface area contributed by atoms with Crippen LogP contribution in [0.4, 0.5) is 0 Å². The molecule has 2 aromatic rings. The van der Waals surface area contributed by atoms with Crippen molar-refractivity contribution in [2.75, 3.05) is 13.5 Å². The maximum atomic E-state index is 13.2. The van der Waals surface area contributed by atoms with E-state index in [-0.39, 0.29) is 12.6 Å². The molecule has 6 heteroatoms. The molecule has 1 aliphatic carbocycles. The lowest BCUT2D eigenvalue weighted by molar-refractivity contribution is 0.0397. The molecule has 31 heavy (non-hydrogen) atoms. The predicted octanol–water partition coefficient (Wildman–Crippen LogP) is 4.82. The first-order valence-electron chi connectivity index (χ1n) is 11.0. The minimum Gasteiger partial charge on any atom is -0.477 e. The Morgan fingerprint density at radius 2 is 1.84 bits per heavy atom. The van der Waals surface area contributed by atoms with Gasteiger partial charge in [-0.15, -0.1) is 0 Å². The van der Waals surface area contributed by atoms with Gasteiger partial charge in [-0.3, -0.25) is 9.69 Å². The molecule has 0 atom stereocenters. The molecular weight excluding hydrogens is 394 g/mol. The van der Waals surface area contributed by atoms with Crippen LogP contribution in [0.25, 0.3) is 6.08 Å². The average Bonchev–Trinajstić information content (AvgIpc) is 3.39. The molecule has 0 N–H and O–H groups in total. The maximum Gasteiger partial charge on any atom is 0.231 e. The van der Waals surface area contributed by atoms with Gasteiger partial charge >= 0.3 is 0 Å². The van der Waals surface area contributed by atoms with E-state index < -0.39 is 0 Å². The number of fused-ring (bicyclic) bond motifs is 3. The highest BCUT2D eigenvalue weighted by atomic mass is 16.7. The first kappa shape index (κ1) is 18.8. The van der Waals surface area contributed by atoms with Gasteiger partial charge < -0.3 is 18.9 Å². The summed E-state index contributed by atoms with van der Waals surface area (Å²) in [6.45, 7) is 3.62. The van der Waals surface area contributed by atoms with Crippen LogP contribution in [-0.2, 0) is 6.54 Å². The van der Waals surface area contributed by atoms with Crippen molar-refractivity contribution >= 4 is 11.9 Å². The van der Waals surface area contributed by atoms with Crippen LogP contribution in [0.3, 0.4) is 0 Å². The lowest BCUT2D eigenvalue weighted by Crippen LogP contribution is -2.41. The largest absolute Gasteiger partial charge is 0.477 e. The van der Waals surface area contributed by atoms with Gasteiger partial charge in [-0.1, -0.05) is 25.3 Å². The highest BCUT2D eigenvalue weighted by Crippen LogP contribution is 2.44. The topological polar surface area (TPSA) is 57.2 Å². The standard InChI is InChI=1S/C25H25NO5/c1-15-24-17(12-26(13-28-24)18-5-3-2-4-6-18)11-19-23(27)22(31-25(15)19)10-16-7-8-20-21(9-16)30-14-29-20/h7-11,18H,2-6,12-14H2,1H3/b22-10-. The van der Waals surface area contributed by atoms with Crippen LogP contribution in [-0.4, -0.2) is 30.2 Å². The van der Waals surface area contributed by atoms with Crippen molar-refractivity contribution in [1.29, 1.82) is 0 Å². The van der Waals surface area contributed by atoms with Gasteiger partial charge in [0.2, 0.25) is 12.6 Å². The van der Waals surface area contributed by atoms with E-state index in [1.807, 2.05) is 31.2 Å². The van der Waals surface area contributed by atoms with E-state index in [0.717, 1.165) is 29.0 Å². The Morgan fingerprint density at radius 1 is 1.00 bits per heavy atom. The van der Waals surface area contributed by atoms with Crippen LogP contribution < -0.4 is 18.9 Å². The first-order chi connectivity index (χ1) is 15.2. The smallest absolute Gasteiger partial charge is 0.231 e. The monoisotopic (exact) mass is 419 g/mol. The van der Waals surface area contributed by atoms with Crippen molar-refractivity contribution in [2.24, 2.45) is 0 Å². The summed E-state index contributed by atoms with van der Waals surface area (Å²) in [4.78, 5) is 15.6. The van der Waals surface area contributed by atoms with Gasteiger partial charge in [-0.25, -0.2) is 0 Å². The van der Waals surface area contributed by atoms with Gasteiger partial charge in [-0.05, 0) is 49.6 Å². The summed E-state index contributed by atoms with van der Waals surface area (Å²) < 4.78 is 23.0. The number of benzene rings is 2. The van der Waals surface area contributed by atoms with Crippen LogP contribution in [0, 0.1) is 6.92 Å². The Hall–Kier alpha value is -2.99. The molecule has 3 aliphatic heterocycles. The quantitative estimate of drug-likeness (QED) is 0.651.